The van der Waals surface area contributed by atoms with Gasteiger partial charge in [-0.25, -0.2) is 4.98 Å². The van der Waals surface area contributed by atoms with Gasteiger partial charge < -0.3 is 10.1 Å². The lowest BCUT2D eigenvalue weighted by molar-refractivity contribution is 0.0983. The molecule has 1 N–H and O–H groups in total. The van der Waals surface area contributed by atoms with E-state index in [4.69, 9.17) is 10.00 Å². The maximum Gasteiger partial charge on any atom is 0.229 e. The van der Waals surface area contributed by atoms with Crippen molar-refractivity contribution in [3.8, 4) is 11.9 Å². The third-order valence-electron chi connectivity index (χ3n) is 3.18. The molecule has 0 spiro atoms. The van der Waals surface area contributed by atoms with Crippen molar-refractivity contribution in [3.05, 3.63) is 70.7 Å². The Hall–Kier alpha value is -3.13. The summed E-state index contributed by atoms with van der Waals surface area (Å²) in [4.78, 5) is 16.7. The van der Waals surface area contributed by atoms with Crippen LogP contribution in [0.15, 0.2) is 48.4 Å². The number of aryl methyl sites for hydroxylation is 2. The number of aromatic nitrogens is 1. The number of hydrogen-bond acceptors (Lipinski definition) is 5. The number of benzene rings is 1. The van der Waals surface area contributed by atoms with Crippen LogP contribution in [-0.4, -0.2) is 17.8 Å². The van der Waals surface area contributed by atoms with E-state index in [2.05, 4.69) is 10.3 Å². The van der Waals surface area contributed by atoms with E-state index < -0.39 is 0 Å². The summed E-state index contributed by atoms with van der Waals surface area (Å²) in [5.74, 6) is 0.0935. The Labute approximate surface area is 135 Å². The minimum absolute atomic E-state index is 0.113. The van der Waals surface area contributed by atoms with E-state index in [0.29, 0.717) is 5.56 Å². The monoisotopic (exact) mass is 307 g/mol. The van der Waals surface area contributed by atoms with Gasteiger partial charge in [0.15, 0.2) is 5.76 Å². The SMILES string of the molecule is CN/C=C(/Oc1nc(C#N)ccc1C)C(=O)c1ccc(C)cc1. The van der Waals surface area contributed by atoms with E-state index in [1.54, 1.807) is 38.2 Å². The number of Topliss-reactive ketones (excluding diaryl/α,β-unsaturated/α-hetero) is 1. The smallest absolute Gasteiger partial charge is 0.229 e. The van der Waals surface area contributed by atoms with Crippen molar-refractivity contribution >= 4 is 5.78 Å². The fourth-order valence-electron chi connectivity index (χ4n) is 1.90. The van der Waals surface area contributed by atoms with Gasteiger partial charge in [-0.05, 0) is 19.9 Å². The van der Waals surface area contributed by atoms with Gasteiger partial charge >= 0.3 is 0 Å². The van der Waals surface area contributed by atoms with E-state index >= 15 is 0 Å². The first-order valence-electron chi connectivity index (χ1n) is 7.09. The van der Waals surface area contributed by atoms with Crippen LogP contribution < -0.4 is 10.1 Å². The predicted octanol–water partition coefficient (Wildman–Crippen LogP) is 2.89. The number of carbonyl (C=O) groups is 1. The van der Waals surface area contributed by atoms with Crippen LogP contribution in [0.4, 0.5) is 0 Å². The highest BCUT2D eigenvalue weighted by Gasteiger charge is 2.16. The molecule has 5 heteroatoms. The van der Waals surface area contributed by atoms with E-state index in [1.807, 2.05) is 25.1 Å². The first-order chi connectivity index (χ1) is 11.0. The van der Waals surface area contributed by atoms with Crippen molar-refractivity contribution in [2.24, 2.45) is 0 Å². The van der Waals surface area contributed by atoms with Crippen LogP contribution in [0.3, 0.4) is 0 Å². The molecule has 0 saturated carbocycles. The van der Waals surface area contributed by atoms with Gasteiger partial charge in [-0.3, -0.25) is 4.79 Å². The summed E-state index contributed by atoms with van der Waals surface area (Å²) in [7, 11) is 1.68. The Bertz CT molecular complexity index is 787. The predicted molar refractivity (Wildman–Crippen MR) is 87.0 cm³/mol. The molecule has 23 heavy (non-hydrogen) atoms. The quantitative estimate of drug-likeness (QED) is 0.522. The van der Waals surface area contributed by atoms with Crippen molar-refractivity contribution in [3.63, 3.8) is 0 Å². The number of rotatable bonds is 5. The Morgan fingerprint density at radius 1 is 1.22 bits per heavy atom. The van der Waals surface area contributed by atoms with Gasteiger partial charge in [0.1, 0.15) is 11.8 Å². The maximum absolute atomic E-state index is 12.6. The fraction of sp³-hybridized carbons (Fsp3) is 0.167. The highest BCUT2D eigenvalue weighted by molar-refractivity contribution is 6.07. The Morgan fingerprint density at radius 2 is 1.91 bits per heavy atom. The Morgan fingerprint density at radius 3 is 2.52 bits per heavy atom. The lowest BCUT2D eigenvalue weighted by Crippen LogP contribution is -2.14. The number of nitrogens with zero attached hydrogens (tertiary/aromatic N) is 2. The largest absolute Gasteiger partial charge is 0.433 e. The molecular formula is C18H17N3O2. The molecule has 1 heterocycles. The van der Waals surface area contributed by atoms with Crippen LogP contribution in [0.2, 0.25) is 0 Å². The summed E-state index contributed by atoms with van der Waals surface area (Å²) in [6.45, 7) is 3.76. The second kappa shape index (κ2) is 7.23. The number of pyridine rings is 1. The van der Waals surface area contributed by atoms with Crippen LogP contribution in [0, 0.1) is 25.2 Å². The average Bonchev–Trinajstić information content (AvgIpc) is 2.56. The van der Waals surface area contributed by atoms with Gasteiger partial charge in [0.2, 0.25) is 11.7 Å². The normalized spacial score (nSPS) is 10.8. The maximum atomic E-state index is 12.6. The molecule has 1 aromatic carbocycles. The van der Waals surface area contributed by atoms with Crippen molar-refractivity contribution in [1.29, 1.82) is 5.26 Å². The van der Waals surface area contributed by atoms with Crippen LogP contribution in [0.5, 0.6) is 5.88 Å². The molecule has 0 amide bonds. The number of nitriles is 1. The van der Waals surface area contributed by atoms with Crippen LogP contribution in [0.25, 0.3) is 0 Å². The van der Waals surface area contributed by atoms with Crippen molar-refractivity contribution in [1.82, 2.24) is 10.3 Å². The lowest BCUT2D eigenvalue weighted by atomic mass is 10.1. The number of ether oxygens (including phenoxy) is 1. The molecule has 0 atom stereocenters. The minimum Gasteiger partial charge on any atom is -0.433 e. The van der Waals surface area contributed by atoms with Gasteiger partial charge in [-0.15, -0.1) is 0 Å². The van der Waals surface area contributed by atoms with E-state index in [0.717, 1.165) is 11.1 Å². The molecule has 5 nitrogen and oxygen atoms in total. The summed E-state index contributed by atoms with van der Waals surface area (Å²) in [6, 6.07) is 12.5. The van der Waals surface area contributed by atoms with Crippen LogP contribution in [-0.2, 0) is 0 Å². The van der Waals surface area contributed by atoms with Gasteiger partial charge in [-0.1, -0.05) is 35.9 Å². The lowest BCUT2D eigenvalue weighted by Gasteiger charge is -2.11. The van der Waals surface area contributed by atoms with Gasteiger partial charge in [0, 0.05) is 24.4 Å². The van der Waals surface area contributed by atoms with Crippen LogP contribution >= 0.6 is 0 Å². The summed E-state index contributed by atoms with van der Waals surface area (Å²) in [5.41, 5.74) is 2.56. The molecule has 0 unspecified atom stereocenters. The number of ketones is 1. The average molecular weight is 307 g/mol. The molecule has 2 aromatic rings. The molecule has 0 fully saturated rings. The van der Waals surface area contributed by atoms with Crippen LogP contribution in [0.1, 0.15) is 27.2 Å². The zero-order valence-electron chi connectivity index (χ0n) is 13.3. The molecule has 1 aromatic heterocycles. The first kappa shape index (κ1) is 16.2. The molecule has 0 aliphatic rings. The van der Waals surface area contributed by atoms with Gasteiger partial charge in [0.25, 0.3) is 0 Å². The zero-order valence-corrected chi connectivity index (χ0v) is 13.3. The van der Waals surface area contributed by atoms with Gasteiger partial charge in [-0.2, -0.15) is 5.26 Å². The summed E-state index contributed by atoms with van der Waals surface area (Å²) < 4.78 is 5.66. The van der Waals surface area contributed by atoms with E-state index in [-0.39, 0.29) is 23.1 Å². The molecule has 116 valence electrons. The molecule has 0 aliphatic heterocycles. The number of hydrogen-bond donors (Lipinski definition) is 1. The highest BCUT2D eigenvalue weighted by atomic mass is 16.5. The fourth-order valence-corrected chi connectivity index (χ4v) is 1.90. The van der Waals surface area contributed by atoms with E-state index in [1.165, 1.54) is 6.20 Å². The Kier molecular flexibility index (Phi) is 5.11. The second-order valence-electron chi connectivity index (χ2n) is 5.02. The van der Waals surface area contributed by atoms with Crippen molar-refractivity contribution < 1.29 is 9.53 Å². The standard InChI is InChI=1S/C18H17N3O2/c1-12-4-7-14(8-5-12)17(22)16(11-20-3)23-18-13(2)6-9-15(10-19)21-18/h4-9,11,20H,1-3H3/b16-11+. The topological polar surface area (TPSA) is 75.0 Å². The Balaban J connectivity index is 2.33. The molecule has 0 bridgehead atoms. The molecule has 2 rings (SSSR count). The molecule has 0 saturated heterocycles. The summed E-state index contributed by atoms with van der Waals surface area (Å²) in [5, 5.41) is 11.7. The minimum atomic E-state index is -0.261. The van der Waals surface area contributed by atoms with Crippen molar-refractivity contribution in [2.75, 3.05) is 7.05 Å². The highest BCUT2D eigenvalue weighted by Crippen LogP contribution is 2.19. The van der Waals surface area contributed by atoms with E-state index in [9.17, 15) is 4.79 Å². The zero-order chi connectivity index (χ0) is 16.8. The number of carbonyl (C=O) groups excluding carboxylic acids is 1. The van der Waals surface area contributed by atoms with Gasteiger partial charge in [0.05, 0.1) is 0 Å². The van der Waals surface area contributed by atoms with Crippen molar-refractivity contribution in [2.45, 2.75) is 13.8 Å². The summed E-state index contributed by atoms with van der Waals surface area (Å²) >= 11 is 0. The molecule has 0 radical (unpaired) electrons. The number of nitrogens with one attached hydrogen (secondary N) is 1. The molecule has 0 aliphatic carbocycles. The second-order valence-corrected chi connectivity index (χ2v) is 5.02. The molecular weight excluding hydrogens is 290 g/mol. The first-order valence-corrected chi connectivity index (χ1v) is 7.09. The number of allylic oxidation sites excluding steroid dienone is 1. The third-order valence-corrected chi connectivity index (χ3v) is 3.18. The third kappa shape index (κ3) is 3.95. The summed E-state index contributed by atoms with van der Waals surface area (Å²) in [6.07, 6.45) is 1.47.